The Morgan fingerprint density at radius 1 is 1.62 bits per heavy atom. The lowest BCUT2D eigenvalue weighted by atomic mass is 10.2. The molecule has 0 radical (unpaired) electrons. The molecule has 0 bridgehead atoms. The molecule has 0 aromatic heterocycles. The van der Waals surface area contributed by atoms with Gasteiger partial charge in [0, 0.05) is 12.6 Å². The number of aromatic hydroxyl groups is 1. The van der Waals surface area contributed by atoms with Crippen LogP contribution in [-0.2, 0) is 0 Å². The maximum atomic E-state index is 11.7. The van der Waals surface area contributed by atoms with Crippen molar-refractivity contribution in [3.8, 4) is 17.6 Å². The molecule has 0 aliphatic carbocycles. The first-order chi connectivity index (χ1) is 7.60. The van der Waals surface area contributed by atoms with Crippen molar-refractivity contribution in [2.75, 3.05) is 20.7 Å². The van der Waals surface area contributed by atoms with Crippen LogP contribution in [0.25, 0.3) is 0 Å². The molecular weight excluding hydrogens is 208 g/mol. The number of amides is 1. The average molecular weight is 220 g/mol. The topological polar surface area (TPSA) is 73.6 Å². The van der Waals surface area contributed by atoms with Crippen molar-refractivity contribution in [1.82, 2.24) is 4.90 Å². The molecule has 1 rings (SSSR count). The largest absolute Gasteiger partial charge is 0.504 e. The van der Waals surface area contributed by atoms with Crippen molar-refractivity contribution in [3.63, 3.8) is 0 Å². The van der Waals surface area contributed by atoms with E-state index in [1.165, 1.54) is 37.3 Å². The van der Waals surface area contributed by atoms with Crippen LogP contribution >= 0.6 is 0 Å². The third-order valence-corrected chi connectivity index (χ3v) is 2.08. The van der Waals surface area contributed by atoms with Gasteiger partial charge in [0.05, 0.1) is 13.2 Å². The van der Waals surface area contributed by atoms with Crippen molar-refractivity contribution in [2.24, 2.45) is 0 Å². The highest BCUT2D eigenvalue weighted by Gasteiger charge is 2.13. The van der Waals surface area contributed by atoms with Crippen molar-refractivity contribution < 1.29 is 14.6 Å². The van der Waals surface area contributed by atoms with Gasteiger partial charge in [0.1, 0.15) is 6.54 Å². The van der Waals surface area contributed by atoms with Gasteiger partial charge in [-0.1, -0.05) is 0 Å². The van der Waals surface area contributed by atoms with Gasteiger partial charge in [-0.25, -0.2) is 0 Å². The molecule has 0 saturated heterocycles. The fourth-order valence-electron chi connectivity index (χ4n) is 1.22. The van der Waals surface area contributed by atoms with E-state index < -0.39 is 0 Å². The maximum absolute atomic E-state index is 11.7. The number of methoxy groups -OCH3 is 1. The number of nitriles is 1. The lowest BCUT2D eigenvalue weighted by Gasteiger charge is -2.13. The molecule has 1 aromatic rings. The first-order valence-corrected chi connectivity index (χ1v) is 4.59. The summed E-state index contributed by atoms with van der Waals surface area (Å²) in [5.41, 5.74) is 0.316. The van der Waals surface area contributed by atoms with Gasteiger partial charge in [-0.15, -0.1) is 0 Å². The minimum Gasteiger partial charge on any atom is -0.504 e. The number of phenolic OH excluding ortho intramolecular Hbond substituents is 1. The van der Waals surface area contributed by atoms with Crippen LogP contribution in [0.5, 0.6) is 11.5 Å². The molecule has 0 fully saturated rings. The molecule has 84 valence electrons. The van der Waals surface area contributed by atoms with Gasteiger partial charge >= 0.3 is 0 Å². The Balaban J connectivity index is 2.94. The van der Waals surface area contributed by atoms with Crippen LogP contribution in [0.2, 0.25) is 0 Å². The second-order valence-electron chi connectivity index (χ2n) is 3.21. The lowest BCUT2D eigenvalue weighted by Crippen LogP contribution is -2.26. The van der Waals surface area contributed by atoms with Crippen molar-refractivity contribution in [1.29, 1.82) is 5.26 Å². The third kappa shape index (κ3) is 2.42. The summed E-state index contributed by atoms with van der Waals surface area (Å²) < 4.78 is 4.86. The van der Waals surface area contributed by atoms with E-state index in [1.54, 1.807) is 0 Å². The maximum Gasteiger partial charge on any atom is 0.254 e. The normalized spacial score (nSPS) is 9.31. The Hall–Kier alpha value is -2.22. The summed E-state index contributed by atoms with van der Waals surface area (Å²) in [6.07, 6.45) is 0. The first kappa shape index (κ1) is 11.9. The molecule has 0 unspecified atom stereocenters. The number of carbonyl (C=O) groups is 1. The molecule has 5 heteroatoms. The number of ether oxygens (including phenoxy) is 1. The minimum atomic E-state index is -0.320. The van der Waals surface area contributed by atoms with E-state index in [0.29, 0.717) is 11.3 Å². The van der Waals surface area contributed by atoms with Crippen molar-refractivity contribution in [3.05, 3.63) is 23.8 Å². The van der Waals surface area contributed by atoms with E-state index in [1.807, 2.05) is 6.07 Å². The van der Waals surface area contributed by atoms with E-state index in [4.69, 9.17) is 10.00 Å². The van der Waals surface area contributed by atoms with E-state index in [-0.39, 0.29) is 18.2 Å². The molecule has 1 N–H and O–H groups in total. The molecule has 0 aliphatic rings. The van der Waals surface area contributed by atoms with Gasteiger partial charge in [0.2, 0.25) is 0 Å². The average Bonchev–Trinajstić information content (AvgIpc) is 2.28. The van der Waals surface area contributed by atoms with Gasteiger partial charge < -0.3 is 14.7 Å². The second kappa shape index (κ2) is 5.03. The lowest BCUT2D eigenvalue weighted by molar-refractivity contribution is 0.0811. The second-order valence-corrected chi connectivity index (χ2v) is 3.21. The summed E-state index contributed by atoms with van der Waals surface area (Å²) in [6, 6.07) is 6.23. The molecule has 16 heavy (non-hydrogen) atoms. The number of hydrogen-bond acceptors (Lipinski definition) is 4. The Labute approximate surface area is 93.5 Å². The molecule has 5 nitrogen and oxygen atoms in total. The number of benzene rings is 1. The van der Waals surface area contributed by atoms with Crippen LogP contribution in [0.4, 0.5) is 0 Å². The van der Waals surface area contributed by atoms with Gasteiger partial charge in [-0.3, -0.25) is 4.79 Å². The third-order valence-electron chi connectivity index (χ3n) is 2.08. The zero-order valence-electron chi connectivity index (χ0n) is 9.10. The minimum absolute atomic E-state index is 0.00558. The number of nitrogens with zero attached hydrogens (tertiary/aromatic N) is 2. The number of hydrogen-bond donors (Lipinski definition) is 1. The fraction of sp³-hybridized carbons (Fsp3) is 0.273. The van der Waals surface area contributed by atoms with Crippen LogP contribution in [0.15, 0.2) is 18.2 Å². The Morgan fingerprint density at radius 2 is 2.31 bits per heavy atom. The predicted molar refractivity (Wildman–Crippen MR) is 57.2 cm³/mol. The van der Waals surface area contributed by atoms with Gasteiger partial charge in [0.15, 0.2) is 11.5 Å². The van der Waals surface area contributed by atoms with E-state index >= 15 is 0 Å². The quantitative estimate of drug-likeness (QED) is 0.771. The van der Waals surface area contributed by atoms with Crippen LogP contribution in [0.3, 0.4) is 0 Å². The molecule has 1 amide bonds. The molecular formula is C11H12N2O3. The monoisotopic (exact) mass is 220 g/mol. The van der Waals surface area contributed by atoms with Gasteiger partial charge in [-0.2, -0.15) is 5.26 Å². The summed E-state index contributed by atoms with van der Waals surface area (Å²) in [5.74, 6) is -0.113. The highest BCUT2D eigenvalue weighted by molar-refractivity contribution is 5.94. The smallest absolute Gasteiger partial charge is 0.254 e. The Morgan fingerprint density at radius 3 is 2.81 bits per heavy atom. The molecule has 0 spiro atoms. The summed E-state index contributed by atoms with van der Waals surface area (Å²) >= 11 is 0. The Bertz CT molecular complexity index is 437. The molecule has 0 atom stereocenters. The van der Waals surface area contributed by atoms with Crippen LogP contribution in [0.1, 0.15) is 10.4 Å². The summed E-state index contributed by atoms with van der Waals surface area (Å²) in [4.78, 5) is 13.0. The van der Waals surface area contributed by atoms with E-state index in [0.717, 1.165) is 0 Å². The van der Waals surface area contributed by atoms with Crippen LogP contribution in [-0.4, -0.2) is 36.6 Å². The molecule has 0 saturated carbocycles. The fourth-order valence-corrected chi connectivity index (χ4v) is 1.22. The highest BCUT2D eigenvalue weighted by Crippen LogP contribution is 2.26. The number of phenols is 1. The SMILES string of the molecule is COc1ccc(C(=O)N(C)CC#N)cc1O. The standard InChI is InChI=1S/C11H12N2O3/c1-13(6-5-12)11(15)8-3-4-10(16-2)9(14)7-8/h3-4,7,14H,6H2,1-2H3. The zero-order valence-corrected chi connectivity index (χ0v) is 9.10. The van der Waals surface area contributed by atoms with Crippen molar-refractivity contribution >= 4 is 5.91 Å². The zero-order chi connectivity index (χ0) is 12.1. The molecule has 1 aromatic carbocycles. The van der Waals surface area contributed by atoms with Crippen LogP contribution < -0.4 is 4.74 Å². The predicted octanol–water partition coefficient (Wildman–Crippen LogP) is 0.996. The number of rotatable bonds is 3. The van der Waals surface area contributed by atoms with Crippen LogP contribution in [0, 0.1) is 11.3 Å². The van der Waals surface area contributed by atoms with Gasteiger partial charge in [0.25, 0.3) is 5.91 Å². The Kier molecular flexibility index (Phi) is 3.72. The van der Waals surface area contributed by atoms with Crippen molar-refractivity contribution in [2.45, 2.75) is 0 Å². The molecule has 0 aliphatic heterocycles. The van der Waals surface area contributed by atoms with Gasteiger partial charge in [-0.05, 0) is 18.2 Å². The number of carbonyl (C=O) groups excluding carboxylic acids is 1. The van der Waals surface area contributed by atoms with E-state index in [9.17, 15) is 9.90 Å². The summed E-state index contributed by atoms with van der Waals surface area (Å²) in [5, 5.41) is 17.9. The van der Waals surface area contributed by atoms with E-state index in [2.05, 4.69) is 0 Å². The first-order valence-electron chi connectivity index (χ1n) is 4.59. The summed E-state index contributed by atoms with van der Waals surface area (Å²) in [7, 11) is 2.95. The highest BCUT2D eigenvalue weighted by atomic mass is 16.5. The summed E-state index contributed by atoms with van der Waals surface area (Å²) in [6.45, 7) is 0.00558. The molecule has 0 heterocycles.